The highest BCUT2D eigenvalue weighted by Gasteiger charge is 1.92. The largest absolute Gasteiger partial charge is 0.618 e. The SMILES string of the molecule is [CH]=Cc1cccc[n+]1[O-]. The van der Waals surface area contributed by atoms with Crippen molar-refractivity contribution >= 4 is 6.08 Å². The van der Waals surface area contributed by atoms with Gasteiger partial charge in [0.15, 0.2) is 6.20 Å². The molecule has 0 saturated carbocycles. The third-order valence-corrected chi connectivity index (χ3v) is 1.02. The average molecular weight is 120 g/mol. The summed E-state index contributed by atoms with van der Waals surface area (Å²) in [5.41, 5.74) is 0.470. The van der Waals surface area contributed by atoms with Crippen molar-refractivity contribution in [2.75, 3.05) is 0 Å². The fraction of sp³-hybridized carbons (Fsp3) is 0. The van der Waals surface area contributed by atoms with Crippen molar-refractivity contribution in [2.24, 2.45) is 0 Å². The van der Waals surface area contributed by atoms with E-state index in [0.29, 0.717) is 10.4 Å². The van der Waals surface area contributed by atoms with E-state index in [1.807, 2.05) is 0 Å². The molecule has 1 aromatic heterocycles. The third-order valence-electron chi connectivity index (χ3n) is 1.02. The first kappa shape index (κ1) is 5.82. The first-order valence-corrected chi connectivity index (χ1v) is 2.58. The van der Waals surface area contributed by atoms with E-state index in [9.17, 15) is 5.21 Å². The van der Waals surface area contributed by atoms with Crippen molar-refractivity contribution in [1.29, 1.82) is 0 Å². The molecule has 0 amide bonds. The Kier molecular flexibility index (Phi) is 1.49. The Morgan fingerprint density at radius 2 is 2.33 bits per heavy atom. The van der Waals surface area contributed by atoms with Crippen LogP contribution in [0.5, 0.6) is 0 Å². The summed E-state index contributed by atoms with van der Waals surface area (Å²) in [6, 6.07) is 5.06. The monoisotopic (exact) mass is 120 g/mol. The van der Waals surface area contributed by atoms with Gasteiger partial charge in [0.25, 0.3) is 0 Å². The van der Waals surface area contributed by atoms with Gasteiger partial charge >= 0.3 is 0 Å². The second-order valence-electron chi connectivity index (χ2n) is 1.62. The van der Waals surface area contributed by atoms with Gasteiger partial charge < -0.3 is 5.21 Å². The number of rotatable bonds is 1. The summed E-state index contributed by atoms with van der Waals surface area (Å²) in [6.45, 7) is 5.10. The highest BCUT2D eigenvalue weighted by Crippen LogP contribution is 1.89. The number of aromatic nitrogens is 1. The standard InChI is InChI=1S/C7H6NO/c1-2-7-5-3-4-6-8(7)9/h1-6H. The first-order chi connectivity index (χ1) is 4.34. The zero-order valence-corrected chi connectivity index (χ0v) is 4.82. The Hall–Kier alpha value is -1.31. The van der Waals surface area contributed by atoms with Gasteiger partial charge in [0.2, 0.25) is 5.69 Å². The van der Waals surface area contributed by atoms with Crippen LogP contribution in [0, 0.1) is 11.8 Å². The minimum Gasteiger partial charge on any atom is -0.618 e. The van der Waals surface area contributed by atoms with Crippen molar-refractivity contribution in [3.05, 3.63) is 41.9 Å². The molecule has 0 aromatic carbocycles. The quantitative estimate of drug-likeness (QED) is 0.397. The fourth-order valence-electron chi connectivity index (χ4n) is 0.571. The highest BCUT2D eigenvalue weighted by atomic mass is 16.5. The van der Waals surface area contributed by atoms with Crippen molar-refractivity contribution in [1.82, 2.24) is 0 Å². The molecule has 0 spiro atoms. The smallest absolute Gasteiger partial charge is 0.216 e. The number of nitrogens with zero attached hydrogens (tertiary/aromatic N) is 1. The van der Waals surface area contributed by atoms with Crippen LogP contribution in [-0.4, -0.2) is 0 Å². The summed E-state index contributed by atoms with van der Waals surface area (Å²) in [5.74, 6) is 0. The second kappa shape index (κ2) is 2.31. The molecule has 0 unspecified atom stereocenters. The van der Waals surface area contributed by atoms with E-state index in [0.717, 1.165) is 0 Å². The molecule has 1 radical (unpaired) electrons. The zero-order valence-electron chi connectivity index (χ0n) is 4.82. The Bertz CT molecular complexity index is 220. The van der Waals surface area contributed by atoms with Crippen LogP contribution in [0.25, 0.3) is 6.08 Å². The molecule has 1 aromatic rings. The predicted molar refractivity (Wildman–Crippen MR) is 34.2 cm³/mol. The molecule has 45 valence electrons. The minimum absolute atomic E-state index is 0.470. The van der Waals surface area contributed by atoms with Gasteiger partial charge in [-0.2, -0.15) is 4.73 Å². The molecule has 0 aliphatic carbocycles. The Morgan fingerprint density at radius 3 is 2.78 bits per heavy atom. The molecule has 2 heteroatoms. The van der Waals surface area contributed by atoms with Crippen molar-refractivity contribution in [3.8, 4) is 0 Å². The Balaban J connectivity index is 3.15. The maximum Gasteiger partial charge on any atom is 0.216 e. The van der Waals surface area contributed by atoms with E-state index in [4.69, 9.17) is 6.58 Å². The molecular formula is C7H6NO. The lowest BCUT2D eigenvalue weighted by atomic mass is 10.3. The number of hydrogen-bond donors (Lipinski definition) is 0. The lowest BCUT2D eigenvalue weighted by Crippen LogP contribution is -2.28. The van der Waals surface area contributed by atoms with E-state index in [1.165, 1.54) is 12.3 Å². The lowest BCUT2D eigenvalue weighted by molar-refractivity contribution is -0.607. The van der Waals surface area contributed by atoms with E-state index in [-0.39, 0.29) is 0 Å². The van der Waals surface area contributed by atoms with Crippen LogP contribution >= 0.6 is 0 Å². The van der Waals surface area contributed by atoms with Crippen LogP contribution in [0.15, 0.2) is 24.4 Å². The maximum absolute atomic E-state index is 10.7. The van der Waals surface area contributed by atoms with Gasteiger partial charge in [0.05, 0.1) is 0 Å². The van der Waals surface area contributed by atoms with Crippen LogP contribution in [0.2, 0.25) is 0 Å². The number of pyridine rings is 1. The fourth-order valence-corrected chi connectivity index (χ4v) is 0.571. The molecular weight excluding hydrogens is 114 g/mol. The molecule has 0 atom stereocenters. The number of hydrogen-bond acceptors (Lipinski definition) is 1. The van der Waals surface area contributed by atoms with E-state index < -0.39 is 0 Å². The van der Waals surface area contributed by atoms with Crippen LogP contribution < -0.4 is 4.73 Å². The van der Waals surface area contributed by atoms with Crippen molar-refractivity contribution in [3.63, 3.8) is 0 Å². The molecule has 1 heterocycles. The van der Waals surface area contributed by atoms with Gasteiger partial charge in [-0.3, -0.25) is 0 Å². The zero-order chi connectivity index (χ0) is 6.69. The van der Waals surface area contributed by atoms with Gasteiger partial charge in [-0.1, -0.05) is 6.58 Å². The molecule has 0 bridgehead atoms. The molecule has 9 heavy (non-hydrogen) atoms. The summed E-state index contributed by atoms with van der Waals surface area (Å²) in [5, 5.41) is 10.7. The van der Waals surface area contributed by atoms with E-state index >= 15 is 0 Å². The Labute approximate surface area is 53.6 Å². The van der Waals surface area contributed by atoms with E-state index in [2.05, 4.69) is 0 Å². The highest BCUT2D eigenvalue weighted by molar-refractivity contribution is 5.35. The molecule has 2 nitrogen and oxygen atoms in total. The normalized spacial score (nSPS) is 8.89. The minimum atomic E-state index is 0.470. The van der Waals surface area contributed by atoms with Crippen molar-refractivity contribution in [2.45, 2.75) is 0 Å². The second-order valence-corrected chi connectivity index (χ2v) is 1.62. The molecule has 0 aliphatic heterocycles. The van der Waals surface area contributed by atoms with Gasteiger partial charge in [-0.25, -0.2) is 0 Å². The van der Waals surface area contributed by atoms with Gasteiger partial charge in [0.1, 0.15) is 0 Å². The summed E-state index contributed by atoms with van der Waals surface area (Å²) in [6.07, 6.45) is 2.67. The molecule has 0 fully saturated rings. The van der Waals surface area contributed by atoms with Crippen LogP contribution in [0.1, 0.15) is 5.69 Å². The molecule has 0 saturated heterocycles. The van der Waals surface area contributed by atoms with Gasteiger partial charge in [-0.05, 0) is 6.07 Å². The van der Waals surface area contributed by atoms with Gasteiger partial charge in [-0.15, -0.1) is 0 Å². The topological polar surface area (TPSA) is 26.9 Å². The van der Waals surface area contributed by atoms with Crippen molar-refractivity contribution < 1.29 is 4.73 Å². The van der Waals surface area contributed by atoms with Crippen LogP contribution in [0.3, 0.4) is 0 Å². The van der Waals surface area contributed by atoms with E-state index in [1.54, 1.807) is 18.2 Å². The molecule has 0 aliphatic rings. The lowest BCUT2D eigenvalue weighted by Gasteiger charge is -1.96. The summed E-state index contributed by atoms with van der Waals surface area (Å²) in [7, 11) is 0. The summed E-state index contributed by atoms with van der Waals surface area (Å²) < 4.78 is 0.708. The van der Waals surface area contributed by atoms with Gasteiger partial charge in [0, 0.05) is 18.2 Å². The maximum atomic E-state index is 10.7. The predicted octanol–water partition coefficient (Wildman–Crippen LogP) is 0.766. The van der Waals surface area contributed by atoms with Crippen LogP contribution in [0.4, 0.5) is 0 Å². The average Bonchev–Trinajstić information content (AvgIpc) is 1.89. The Morgan fingerprint density at radius 1 is 1.56 bits per heavy atom. The first-order valence-electron chi connectivity index (χ1n) is 2.58. The summed E-state index contributed by atoms with van der Waals surface area (Å²) in [4.78, 5) is 0. The third kappa shape index (κ3) is 1.08. The molecule has 0 N–H and O–H groups in total. The molecule has 1 rings (SSSR count). The van der Waals surface area contributed by atoms with Crippen LogP contribution in [-0.2, 0) is 0 Å². The summed E-state index contributed by atoms with van der Waals surface area (Å²) >= 11 is 0.